The van der Waals surface area contributed by atoms with Crippen molar-refractivity contribution in [1.82, 2.24) is 0 Å². The number of quaternary nitrogens is 1. The van der Waals surface area contributed by atoms with Crippen molar-refractivity contribution in [2.75, 3.05) is 42.9 Å². The number of carbonyl (C=O) groups is 1. The standard InChI is InChI=1S/C24H27N3O/c1-2-26-14-16-27(17-15-26)23-13-6-5-12-22(23)25-24(28)18-20-10-7-9-19-8-3-4-11-21(19)20/h3-13H,2,14-18H2,1H3,(H,25,28)/p+1. The van der Waals surface area contributed by atoms with Crippen molar-refractivity contribution >= 4 is 28.1 Å². The normalized spacial score (nSPS) is 15.0. The molecular weight excluding hydrogens is 346 g/mol. The van der Waals surface area contributed by atoms with Crippen LogP contribution in [0, 0.1) is 0 Å². The van der Waals surface area contributed by atoms with Crippen LogP contribution >= 0.6 is 0 Å². The number of nitrogens with one attached hydrogen (secondary N) is 2. The molecule has 0 radical (unpaired) electrons. The molecule has 3 aromatic rings. The lowest BCUT2D eigenvalue weighted by molar-refractivity contribution is -0.898. The first-order chi connectivity index (χ1) is 13.7. The number of likely N-dealkylation sites (N-methyl/N-ethyl adjacent to an activating group) is 1. The molecule has 4 rings (SSSR count). The topological polar surface area (TPSA) is 36.8 Å². The van der Waals surface area contributed by atoms with Crippen molar-refractivity contribution in [2.24, 2.45) is 0 Å². The van der Waals surface area contributed by atoms with Crippen LogP contribution in [0.15, 0.2) is 66.7 Å². The van der Waals surface area contributed by atoms with E-state index in [2.05, 4.69) is 47.5 Å². The molecule has 0 unspecified atom stereocenters. The SMILES string of the molecule is CC[NH+]1CCN(c2ccccc2NC(=O)Cc2cccc3ccccc23)CC1. The number of nitrogens with zero attached hydrogens (tertiary/aromatic N) is 1. The second-order valence-corrected chi connectivity index (χ2v) is 7.47. The van der Waals surface area contributed by atoms with Gasteiger partial charge in [0.1, 0.15) is 0 Å². The molecule has 3 aromatic carbocycles. The molecule has 1 aliphatic heterocycles. The largest absolute Gasteiger partial charge is 0.359 e. The fourth-order valence-electron chi connectivity index (χ4n) is 4.09. The molecule has 1 amide bonds. The van der Waals surface area contributed by atoms with Crippen molar-refractivity contribution in [2.45, 2.75) is 13.3 Å². The number of anilines is 2. The highest BCUT2D eigenvalue weighted by Crippen LogP contribution is 2.26. The van der Waals surface area contributed by atoms with Crippen LogP contribution in [0.2, 0.25) is 0 Å². The zero-order valence-corrected chi connectivity index (χ0v) is 16.4. The van der Waals surface area contributed by atoms with E-state index >= 15 is 0 Å². The maximum Gasteiger partial charge on any atom is 0.228 e. The first kappa shape index (κ1) is 18.5. The fraction of sp³-hybridized carbons (Fsp3) is 0.292. The smallest absolute Gasteiger partial charge is 0.228 e. The van der Waals surface area contributed by atoms with Crippen LogP contribution in [-0.2, 0) is 11.2 Å². The Balaban J connectivity index is 1.49. The van der Waals surface area contributed by atoms with Gasteiger partial charge in [-0.1, -0.05) is 54.6 Å². The Bertz CT molecular complexity index is 955. The van der Waals surface area contributed by atoms with E-state index in [0.717, 1.165) is 48.5 Å². The zero-order valence-electron chi connectivity index (χ0n) is 16.4. The molecule has 28 heavy (non-hydrogen) atoms. The minimum Gasteiger partial charge on any atom is -0.359 e. The summed E-state index contributed by atoms with van der Waals surface area (Å²) in [5.41, 5.74) is 3.10. The van der Waals surface area contributed by atoms with Gasteiger partial charge in [-0.3, -0.25) is 4.79 Å². The van der Waals surface area contributed by atoms with E-state index in [1.165, 1.54) is 11.9 Å². The lowest BCUT2D eigenvalue weighted by atomic mass is 10.0. The summed E-state index contributed by atoms with van der Waals surface area (Å²) in [6.07, 6.45) is 0.378. The van der Waals surface area contributed by atoms with Gasteiger partial charge in [-0.25, -0.2) is 0 Å². The quantitative estimate of drug-likeness (QED) is 0.721. The highest BCUT2D eigenvalue weighted by Gasteiger charge is 2.21. The third-order valence-electron chi connectivity index (χ3n) is 5.72. The molecule has 0 bridgehead atoms. The van der Waals surface area contributed by atoms with E-state index in [9.17, 15) is 4.79 Å². The fourth-order valence-corrected chi connectivity index (χ4v) is 4.09. The van der Waals surface area contributed by atoms with Crippen LogP contribution in [0.1, 0.15) is 12.5 Å². The maximum absolute atomic E-state index is 12.8. The van der Waals surface area contributed by atoms with E-state index in [-0.39, 0.29) is 5.91 Å². The minimum absolute atomic E-state index is 0.0293. The number of para-hydroxylation sites is 2. The van der Waals surface area contributed by atoms with Crippen molar-refractivity contribution in [3.8, 4) is 0 Å². The van der Waals surface area contributed by atoms with Crippen molar-refractivity contribution in [3.63, 3.8) is 0 Å². The highest BCUT2D eigenvalue weighted by atomic mass is 16.1. The summed E-state index contributed by atoms with van der Waals surface area (Å²) in [6.45, 7) is 7.77. The molecule has 1 heterocycles. The summed E-state index contributed by atoms with van der Waals surface area (Å²) in [7, 11) is 0. The van der Waals surface area contributed by atoms with Crippen LogP contribution in [-0.4, -0.2) is 38.6 Å². The van der Waals surface area contributed by atoms with E-state index in [1.54, 1.807) is 4.90 Å². The molecule has 0 saturated carbocycles. The van der Waals surface area contributed by atoms with Crippen molar-refractivity contribution in [3.05, 3.63) is 72.3 Å². The lowest BCUT2D eigenvalue weighted by Crippen LogP contribution is -3.14. The van der Waals surface area contributed by atoms with Crippen LogP contribution in [0.5, 0.6) is 0 Å². The Hall–Kier alpha value is -2.85. The zero-order chi connectivity index (χ0) is 19.3. The molecule has 0 aromatic heterocycles. The van der Waals surface area contributed by atoms with E-state index in [1.807, 2.05) is 36.4 Å². The predicted molar refractivity (Wildman–Crippen MR) is 116 cm³/mol. The van der Waals surface area contributed by atoms with Gasteiger partial charge in [-0.05, 0) is 35.4 Å². The van der Waals surface area contributed by atoms with Crippen LogP contribution in [0.3, 0.4) is 0 Å². The number of benzene rings is 3. The number of hydrogen-bond acceptors (Lipinski definition) is 2. The first-order valence-electron chi connectivity index (χ1n) is 10.2. The van der Waals surface area contributed by atoms with Gasteiger partial charge >= 0.3 is 0 Å². The van der Waals surface area contributed by atoms with Crippen LogP contribution < -0.4 is 15.1 Å². The number of carbonyl (C=O) groups excluding carboxylic acids is 1. The number of rotatable bonds is 5. The average Bonchev–Trinajstić information content (AvgIpc) is 2.74. The second kappa shape index (κ2) is 8.44. The molecule has 144 valence electrons. The van der Waals surface area contributed by atoms with Gasteiger partial charge < -0.3 is 15.1 Å². The van der Waals surface area contributed by atoms with Crippen molar-refractivity contribution in [1.29, 1.82) is 0 Å². The number of fused-ring (bicyclic) bond motifs is 1. The van der Waals surface area contributed by atoms with Gasteiger partial charge in [0.25, 0.3) is 0 Å². The van der Waals surface area contributed by atoms with Gasteiger partial charge in [0.2, 0.25) is 5.91 Å². The van der Waals surface area contributed by atoms with E-state index < -0.39 is 0 Å². The Kier molecular flexibility index (Phi) is 5.58. The maximum atomic E-state index is 12.8. The van der Waals surface area contributed by atoms with Gasteiger partial charge in [0.15, 0.2) is 0 Å². The molecule has 2 N–H and O–H groups in total. The number of hydrogen-bond donors (Lipinski definition) is 2. The Morgan fingerprint density at radius 1 is 0.964 bits per heavy atom. The Labute approximate surface area is 166 Å². The van der Waals surface area contributed by atoms with E-state index in [4.69, 9.17) is 0 Å². The first-order valence-corrected chi connectivity index (χ1v) is 10.2. The molecule has 1 saturated heterocycles. The summed E-state index contributed by atoms with van der Waals surface area (Å²) < 4.78 is 0. The summed E-state index contributed by atoms with van der Waals surface area (Å²) >= 11 is 0. The van der Waals surface area contributed by atoms with Crippen LogP contribution in [0.4, 0.5) is 11.4 Å². The third-order valence-corrected chi connectivity index (χ3v) is 5.72. The average molecular weight is 375 g/mol. The monoisotopic (exact) mass is 374 g/mol. The summed E-state index contributed by atoms with van der Waals surface area (Å²) in [5, 5.41) is 5.48. The summed E-state index contributed by atoms with van der Waals surface area (Å²) in [5.74, 6) is 0.0293. The molecule has 1 fully saturated rings. The predicted octanol–water partition coefficient (Wildman–Crippen LogP) is 2.75. The molecule has 4 heteroatoms. The summed E-state index contributed by atoms with van der Waals surface area (Å²) in [4.78, 5) is 16.9. The number of piperazine rings is 1. The third kappa shape index (κ3) is 4.02. The lowest BCUT2D eigenvalue weighted by Gasteiger charge is -2.34. The molecular formula is C24H28N3O+. The van der Waals surface area contributed by atoms with Gasteiger partial charge in [-0.15, -0.1) is 0 Å². The molecule has 0 atom stereocenters. The Morgan fingerprint density at radius 3 is 2.50 bits per heavy atom. The highest BCUT2D eigenvalue weighted by molar-refractivity contribution is 5.98. The molecule has 0 spiro atoms. The number of amides is 1. The minimum atomic E-state index is 0.0293. The van der Waals surface area contributed by atoms with Gasteiger partial charge in [0, 0.05) is 0 Å². The van der Waals surface area contributed by atoms with Crippen LogP contribution in [0.25, 0.3) is 10.8 Å². The summed E-state index contributed by atoms with van der Waals surface area (Å²) in [6, 6.07) is 22.5. The van der Waals surface area contributed by atoms with E-state index in [0.29, 0.717) is 6.42 Å². The van der Waals surface area contributed by atoms with Crippen molar-refractivity contribution < 1.29 is 9.69 Å². The van der Waals surface area contributed by atoms with Gasteiger partial charge in [-0.2, -0.15) is 0 Å². The second-order valence-electron chi connectivity index (χ2n) is 7.47. The Morgan fingerprint density at radius 2 is 1.68 bits per heavy atom. The molecule has 1 aliphatic rings. The van der Waals surface area contributed by atoms with Gasteiger partial charge in [0.05, 0.1) is 50.5 Å². The molecule has 0 aliphatic carbocycles. The molecule has 4 nitrogen and oxygen atoms in total.